The zero-order valence-corrected chi connectivity index (χ0v) is 20.8. The third-order valence-electron chi connectivity index (χ3n) is 5.20. The van der Waals surface area contributed by atoms with Crippen LogP contribution in [0.5, 0.6) is 5.75 Å². The van der Waals surface area contributed by atoms with E-state index in [1.54, 1.807) is 4.90 Å². The molecule has 190 valence electrons. The number of nitrogens with zero attached hydrogens (tertiary/aromatic N) is 3. The van der Waals surface area contributed by atoms with E-state index >= 15 is 0 Å². The first-order chi connectivity index (χ1) is 17.1. The van der Waals surface area contributed by atoms with E-state index in [1.807, 2.05) is 0 Å². The lowest BCUT2D eigenvalue weighted by Gasteiger charge is -2.28. The number of hydrazone groups is 1. The van der Waals surface area contributed by atoms with Gasteiger partial charge in [0.1, 0.15) is 16.6 Å². The van der Waals surface area contributed by atoms with Crippen LogP contribution in [0.4, 0.5) is 40.6 Å². The van der Waals surface area contributed by atoms with Gasteiger partial charge in [-0.25, -0.2) is 9.37 Å². The molecule has 7 nitrogen and oxygen atoms in total. The Morgan fingerprint density at radius 2 is 1.92 bits per heavy atom. The van der Waals surface area contributed by atoms with Gasteiger partial charge in [-0.15, -0.1) is 0 Å². The van der Waals surface area contributed by atoms with Gasteiger partial charge in [-0.3, -0.25) is 5.43 Å². The molecule has 4 rings (SSSR count). The minimum absolute atomic E-state index is 0.127. The average molecular weight is 589 g/mol. The third-order valence-corrected chi connectivity index (χ3v) is 6.20. The van der Waals surface area contributed by atoms with E-state index in [0.717, 1.165) is 12.1 Å². The number of rotatable bonds is 6. The average Bonchev–Trinajstić information content (AvgIpc) is 2.86. The van der Waals surface area contributed by atoms with Gasteiger partial charge in [0.15, 0.2) is 11.6 Å². The first-order valence-corrected chi connectivity index (χ1v) is 11.7. The summed E-state index contributed by atoms with van der Waals surface area (Å²) >= 11 is 9.60. The van der Waals surface area contributed by atoms with Crippen molar-refractivity contribution < 1.29 is 27.4 Å². The molecule has 1 aliphatic heterocycles. The number of nitrogens with one attached hydrogen (secondary N) is 2. The molecule has 1 saturated heterocycles. The fourth-order valence-corrected chi connectivity index (χ4v) is 4.33. The number of benzene rings is 2. The molecule has 0 bridgehead atoms. The molecule has 2 heterocycles. The summed E-state index contributed by atoms with van der Waals surface area (Å²) < 4.78 is 58.9. The molecule has 3 aromatic rings. The molecule has 36 heavy (non-hydrogen) atoms. The number of hydrogen-bond donors (Lipinski definition) is 3. The smallest absolute Gasteiger partial charge is 0.416 e. The van der Waals surface area contributed by atoms with Crippen LogP contribution in [0.1, 0.15) is 11.1 Å². The molecule has 1 aromatic heterocycles. The molecule has 0 spiro atoms. The number of morpholine rings is 1. The van der Waals surface area contributed by atoms with Gasteiger partial charge in [-0.1, -0.05) is 17.7 Å². The highest BCUT2D eigenvalue weighted by molar-refractivity contribution is 9.10. The van der Waals surface area contributed by atoms with Crippen LogP contribution in [0.15, 0.2) is 52.0 Å². The molecular formula is C23H19BrClF4N5O2. The Labute approximate surface area is 216 Å². The molecule has 3 N–H and O–H groups in total. The maximum atomic E-state index is 14.2. The lowest BCUT2D eigenvalue weighted by molar-refractivity contribution is -0.137. The molecule has 0 amide bonds. The quantitative estimate of drug-likeness (QED) is 0.176. The summed E-state index contributed by atoms with van der Waals surface area (Å²) in [5.74, 6) is -0.358. The van der Waals surface area contributed by atoms with Crippen molar-refractivity contribution in [1.29, 1.82) is 0 Å². The maximum Gasteiger partial charge on any atom is 0.416 e. The number of ether oxygens (including phenoxy) is 1. The summed E-state index contributed by atoms with van der Waals surface area (Å²) in [6.07, 6.45) is -3.23. The van der Waals surface area contributed by atoms with E-state index in [9.17, 15) is 22.7 Å². The monoisotopic (exact) mass is 587 g/mol. The van der Waals surface area contributed by atoms with Crippen molar-refractivity contribution in [3.05, 3.63) is 68.9 Å². The Morgan fingerprint density at radius 1 is 1.17 bits per heavy atom. The van der Waals surface area contributed by atoms with Crippen LogP contribution in [-0.2, 0) is 10.9 Å². The van der Waals surface area contributed by atoms with Crippen LogP contribution in [-0.4, -0.2) is 42.6 Å². The Kier molecular flexibility index (Phi) is 7.86. The fourth-order valence-electron chi connectivity index (χ4n) is 3.42. The van der Waals surface area contributed by atoms with Crippen molar-refractivity contribution in [2.75, 3.05) is 41.9 Å². The topological polar surface area (TPSA) is 82.0 Å². The summed E-state index contributed by atoms with van der Waals surface area (Å²) in [6, 6.07) is 8.75. The van der Waals surface area contributed by atoms with Crippen molar-refractivity contribution in [3.63, 3.8) is 0 Å². The van der Waals surface area contributed by atoms with Crippen molar-refractivity contribution >= 4 is 56.8 Å². The van der Waals surface area contributed by atoms with E-state index in [-0.39, 0.29) is 39.3 Å². The molecule has 1 aliphatic rings. The normalized spacial score (nSPS) is 14.3. The minimum atomic E-state index is -4.50. The summed E-state index contributed by atoms with van der Waals surface area (Å²) in [5, 5.41) is 17.2. The van der Waals surface area contributed by atoms with E-state index in [4.69, 9.17) is 16.3 Å². The number of pyridine rings is 1. The maximum absolute atomic E-state index is 14.2. The van der Waals surface area contributed by atoms with Gasteiger partial charge < -0.3 is 20.1 Å². The largest absolute Gasteiger partial charge is 0.506 e. The Balaban J connectivity index is 1.51. The Bertz CT molecular complexity index is 1290. The number of alkyl halides is 3. The lowest BCUT2D eigenvalue weighted by Crippen LogP contribution is -2.37. The fraction of sp³-hybridized carbons (Fsp3) is 0.217. The van der Waals surface area contributed by atoms with Gasteiger partial charge in [0.25, 0.3) is 0 Å². The van der Waals surface area contributed by atoms with Gasteiger partial charge in [0.2, 0.25) is 0 Å². The van der Waals surface area contributed by atoms with Gasteiger partial charge in [-0.2, -0.15) is 18.3 Å². The number of aromatic hydroxyl groups is 1. The van der Waals surface area contributed by atoms with Crippen LogP contribution in [0, 0.1) is 5.82 Å². The van der Waals surface area contributed by atoms with Crippen molar-refractivity contribution in [1.82, 2.24) is 4.98 Å². The van der Waals surface area contributed by atoms with E-state index in [1.165, 1.54) is 36.5 Å². The number of aromatic nitrogens is 1. The Hall–Kier alpha value is -3.09. The Morgan fingerprint density at radius 3 is 2.64 bits per heavy atom. The molecule has 1 fully saturated rings. The predicted molar refractivity (Wildman–Crippen MR) is 134 cm³/mol. The second kappa shape index (κ2) is 10.9. The zero-order chi connectivity index (χ0) is 25.9. The van der Waals surface area contributed by atoms with Crippen molar-refractivity contribution in [2.24, 2.45) is 5.10 Å². The summed E-state index contributed by atoms with van der Waals surface area (Å²) in [6.45, 7) is 1.98. The van der Waals surface area contributed by atoms with Crippen LogP contribution in [0.2, 0.25) is 5.02 Å². The summed E-state index contributed by atoms with van der Waals surface area (Å²) in [7, 11) is 0. The van der Waals surface area contributed by atoms with Crippen LogP contribution >= 0.6 is 27.5 Å². The lowest BCUT2D eigenvalue weighted by atomic mass is 10.1. The van der Waals surface area contributed by atoms with Crippen molar-refractivity contribution in [3.8, 4) is 5.75 Å². The minimum Gasteiger partial charge on any atom is -0.506 e. The molecular weight excluding hydrogens is 570 g/mol. The van der Waals surface area contributed by atoms with Crippen LogP contribution < -0.4 is 15.6 Å². The molecule has 0 unspecified atom stereocenters. The highest BCUT2D eigenvalue weighted by Gasteiger charge is 2.30. The van der Waals surface area contributed by atoms with Gasteiger partial charge >= 0.3 is 6.18 Å². The number of anilines is 4. The molecule has 0 atom stereocenters. The van der Waals surface area contributed by atoms with Crippen LogP contribution in [0.3, 0.4) is 0 Å². The standard InChI is InChI=1S/C23H19BrClF4N5O2/c24-16-10-13(12-30-33-18-5-4-17(26)22(32-18)34-6-8-36-9-7-34)21(35)19(25)20(16)31-15-3-1-2-14(11-15)23(27,28)29/h1-5,10-12,31,35H,6-9H2,(H,32,33)/b30-12-. The molecule has 0 radical (unpaired) electrons. The number of halogens is 6. The summed E-state index contributed by atoms with van der Waals surface area (Å²) in [5.41, 5.74) is 2.37. The highest BCUT2D eigenvalue weighted by Crippen LogP contribution is 2.41. The summed E-state index contributed by atoms with van der Waals surface area (Å²) in [4.78, 5) is 6.02. The van der Waals surface area contributed by atoms with E-state index in [0.29, 0.717) is 30.8 Å². The number of hydrogen-bond acceptors (Lipinski definition) is 7. The number of phenols is 1. The first kappa shape index (κ1) is 26.0. The molecule has 0 aliphatic carbocycles. The highest BCUT2D eigenvalue weighted by atomic mass is 79.9. The third kappa shape index (κ3) is 6.00. The zero-order valence-electron chi connectivity index (χ0n) is 18.4. The second-order valence-corrected chi connectivity index (χ2v) is 8.89. The molecule has 2 aromatic carbocycles. The number of phenolic OH excluding ortho intramolecular Hbond substituents is 1. The van der Waals surface area contributed by atoms with Gasteiger partial charge in [-0.05, 0) is 52.3 Å². The van der Waals surface area contributed by atoms with Crippen molar-refractivity contribution in [2.45, 2.75) is 6.18 Å². The predicted octanol–water partition coefficient (Wildman–Crippen LogP) is 6.39. The van der Waals surface area contributed by atoms with Gasteiger partial charge in [0, 0.05) is 28.8 Å². The molecule has 13 heteroatoms. The van der Waals surface area contributed by atoms with E-state index < -0.39 is 17.6 Å². The van der Waals surface area contributed by atoms with E-state index in [2.05, 4.69) is 36.8 Å². The van der Waals surface area contributed by atoms with Gasteiger partial charge in [0.05, 0.1) is 30.7 Å². The first-order valence-electron chi connectivity index (χ1n) is 10.6. The molecule has 0 saturated carbocycles. The SMILES string of the molecule is Oc1c(/C=N\Nc2ccc(F)c(N3CCOCC3)n2)cc(Br)c(Nc2cccc(C(F)(F)F)c2)c1Cl. The second-order valence-electron chi connectivity index (χ2n) is 7.66. The van der Waals surface area contributed by atoms with Crippen LogP contribution in [0.25, 0.3) is 0 Å².